The van der Waals surface area contributed by atoms with Crippen LogP contribution in [0.4, 0.5) is 13.2 Å². The van der Waals surface area contributed by atoms with Gasteiger partial charge in [-0.05, 0) is 5.57 Å². The first-order valence-corrected chi connectivity index (χ1v) is 4.25. The Kier molecular flexibility index (Phi) is 6.15. The average Bonchev–Trinajstić information content (AvgIpc) is 2.20. The summed E-state index contributed by atoms with van der Waals surface area (Å²) in [6.07, 6.45) is 0.588. The highest BCUT2D eigenvalue weighted by atomic mass is 19.4. The molecular weight excluding hydrogens is 221 g/mol. The van der Waals surface area contributed by atoms with Gasteiger partial charge >= 0.3 is 6.36 Å². The van der Waals surface area contributed by atoms with Gasteiger partial charge in [0.1, 0.15) is 6.04 Å². The maximum atomic E-state index is 11.6. The number of halogens is 3. The number of hydrogen-bond donors (Lipinski definition) is 1. The third-order valence-electron chi connectivity index (χ3n) is 1.46. The largest absolute Gasteiger partial charge is 0.522 e. The molecule has 0 aromatic rings. The Hall–Kier alpha value is -1.58. The summed E-state index contributed by atoms with van der Waals surface area (Å²) in [7, 11) is 0. The van der Waals surface area contributed by atoms with Gasteiger partial charge in [-0.1, -0.05) is 30.9 Å². The van der Waals surface area contributed by atoms with E-state index in [9.17, 15) is 13.2 Å². The van der Waals surface area contributed by atoms with Crippen LogP contribution >= 0.6 is 0 Å². The van der Waals surface area contributed by atoms with Gasteiger partial charge in [-0.3, -0.25) is 4.74 Å². The molecule has 0 aliphatic rings. The molecule has 0 fully saturated rings. The maximum Gasteiger partial charge on any atom is 0.522 e. The molecule has 3 nitrogen and oxygen atoms in total. The Labute approximate surface area is 91.3 Å². The molecule has 2 N–H and O–H groups in total. The number of nitriles is 1. The molecule has 0 bridgehead atoms. The first-order valence-electron chi connectivity index (χ1n) is 4.25. The fourth-order valence-electron chi connectivity index (χ4n) is 0.800. The van der Waals surface area contributed by atoms with Crippen LogP contribution in [0.2, 0.25) is 0 Å². The predicted molar refractivity (Wildman–Crippen MR) is 53.0 cm³/mol. The lowest BCUT2D eigenvalue weighted by atomic mass is 10.1. The summed E-state index contributed by atoms with van der Waals surface area (Å²) in [6.45, 7) is 2.77. The lowest BCUT2D eigenvalue weighted by molar-refractivity contribution is -0.319. The maximum absolute atomic E-state index is 11.6. The van der Waals surface area contributed by atoms with Crippen molar-refractivity contribution < 1.29 is 17.9 Å². The van der Waals surface area contributed by atoms with E-state index in [0.717, 1.165) is 6.08 Å². The Bertz CT molecular complexity index is 326. The zero-order chi connectivity index (χ0) is 12.6. The molecule has 6 heteroatoms. The van der Waals surface area contributed by atoms with Gasteiger partial charge in [-0.15, -0.1) is 13.2 Å². The van der Waals surface area contributed by atoms with E-state index in [-0.39, 0.29) is 0 Å². The van der Waals surface area contributed by atoms with E-state index >= 15 is 0 Å². The van der Waals surface area contributed by atoms with E-state index in [1.54, 1.807) is 6.07 Å². The normalized spacial score (nSPS) is 14.8. The third-order valence-corrected chi connectivity index (χ3v) is 1.46. The second kappa shape index (κ2) is 6.82. The zero-order valence-corrected chi connectivity index (χ0v) is 8.37. The molecule has 0 amide bonds. The molecule has 0 saturated heterocycles. The van der Waals surface area contributed by atoms with Crippen LogP contribution in [0.25, 0.3) is 0 Å². The van der Waals surface area contributed by atoms with Crippen LogP contribution < -0.4 is 5.73 Å². The molecule has 0 radical (unpaired) electrons. The van der Waals surface area contributed by atoms with Crippen molar-refractivity contribution >= 4 is 0 Å². The molecule has 1 atom stereocenters. The van der Waals surface area contributed by atoms with Crippen molar-refractivity contribution in [2.75, 3.05) is 6.61 Å². The SMILES string of the molecule is C=C/C=C(\C=C/COC(F)(F)F)C(N)C#N. The van der Waals surface area contributed by atoms with Crippen LogP contribution in [0.1, 0.15) is 0 Å². The summed E-state index contributed by atoms with van der Waals surface area (Å²) in [6, 6.07) is 0.852. The Balaban J connectivity index is 4.33. The van der Waals surface area contributed by atoms with Gasteiger partial charge in [0.25, 0.3) is 0 Å². The van der Waals surface area contributed by atoms with Gasteiger partial charge in [0.15, 0.2) is 0 Å². The van der Waals surface area contributed by atoms with Gasteiger partial charge < -0.3 is 5.73 Å². The van der Waals surface area contributed by atoms with Crippen LogP contribution in [0.5, 0.6) is 0 Å². The minimum absolute atomic E-state index is 0.364. The number of ether oxygens (including phenoxy) is 1. The summed E-state index contributed by atoms with van der Waals surface area (Å²) < 4.78 is 38.3. The summed E-state index contributed by atoms with van der Waals surface area (Å²) in [5, 5.41) is 8.52. The van der Waals surface area contributed by atoms with E-state index in [1.807, 2.05) is 0 Å². The van der Waals surface area contributed by atoms with Gasteiger partial charge in [0, 0.05) is 0 Å². The Morgan fingerprint density at radius 3 is 2.62 bits per heavy atom. The van der Waals surface area contributed by atoms with Crippen LogP contribution in [-0.4, -0.2) is 19.0 Å². The molecule has 0 aliphatic carbocycles. The van der Waals surface area contributed by atoms with Crippen molar-refractivity contribution in [3.63, 3.8) is 0 Å². The molecule has 1 unspecified atom stereocenters. The fraction of sp³-hybridized carbons (Fsp3) is 0.300. The molecule has 0 spiro atoms. The summed E-state index contributed by atoms with van der Waals surface area (Å²) in [4.78, 5) is 0. The summed E-state index contributed by atoms with van der Waals surface area (Å²) in [5.41, 5.74) is 5.74. The molecule has 0 heterocycles. The van der Waals surface area contributed by atoms with E-state index in [2.05, 4.69) is 11.3 Å². The predicted octanol–water partition coefficient (Wildman–Crippen LogP) is 2.04. The minimum atomic E-state index is -4.66. The number of nitrogens with zero attached hydrogens (tertiary/aromatic N) is 1. The summed E-state index contributed by atoms with van der Waals surface area (Å²) in [5.74, 6) is 0. The van der Waals surface area contributed by atoms with Gasteiger partial charge in [0.05, 0.1) is 12.7 Å². The highest BCUT2D eigenvalue weighted by Crippen LogP contribution is 2.15. The number of hydrogen-bond acceptors (Lipinski definition) is 3. The van der Waals surface area contributed by atoms with Gasteiger partial charge in [0.2, 0.25) is 0 Å². The first kappa shape index (κ1) is 14.4. The number of nitrogens with two attached hydrogens (primary N) is 1. The van der Waals surface area contributed by atoms with E-state index < -0.39 is 19.0 Å². The second-order valence-corrected chi connectivity index (χ2v) is 2.67. The van der Waals surface area contributed by atoms with E-state index in [1.165, 1.54) is 18.2 Å². The van der Waals surface area contributed by atoms with Crippen molar-refractivity contribution in [2.24, 2.45) is 5.73 Å². The molecule has 0 aromatic carbocycles. The van der Waals surface area contributed by atoms with Crippen LogP contribution in [0.15, 0.2) is 36.5 Å². The lowest BCUT2D eigenvalue weighted by Crippen LogP contribution is -2.19. The molecule has 88 valence electrons. The number of allylic oxidation sites excluding steroid dienone is 2. The fourth-order valence-corrected chi connectivity index (χ4v) is 0.800. The van der Waals surface area contributed by atoms with E-state index in [0.29, 0.717) is 5.57 Å². The third kappa shape index (κ3) is 6.81. The summed E-state index contributed by atoms with van der Waals surface area (Å²) >= 11 is 0. The van der Waals surface area contributed by atoms with Crippen molar-refractivity contribution in [1.29, 1.82) is 5.26 Å². The molecule has 0 rings (SSSR count). The van der Waals surface area contributed by atoms with Gasteiger partial charge in [-0.2, -0.15) is 5.26 Å². The zero-order valence-electron chi connectivity index (χ0n) is 8.37. The van der Waals surface area contributed by atoms with Crippen LogP contribution in [-0.2, 0) is 4.74 Å². The molecule has 0 aromatic heterocycles. The van der Waals surface area contributed by atoms with Crippen molar-refractivity contribution in [1.82, 2.24) is 0 Å². The van der Waals surface area contributed by atoms with Crippen LogP contribution in [0, 0.1) is 11.3 Å². The molecular formula is C10H11F3N2O. The van der Waals surface area contributed by atoms with Gasteiger partial charge in [-0.25, -0.2) is 0 Å². The molecule has 0 saturated carbocycles. The molecule has 16 heavy (non-hydrogen) atoms. The standard InChI is InChI=1S/C10H11F3N2O/c1-2-4-8(9(15)7-14)5-3-6-16-10(11,12)13/h2-5,9H,1,6,15H2/b5-3-,8-4+. The highest BCUT2D eigenvalue weighted by Gasteiger charge is 2.28. The number of alkyl halides is 3. The Morgan fingerprint density at radius 2 is 2.19 bits per heavy atom. The topological polar surface area (TPSA) is 59.0 Å². The van der Waals surface area contributed by atoms with Crippen LogP contribution in [0.3, 0.4) is 0 Å². The van der Waals surface area contributed by atoms with Crippen molar-refractivity contribution in [2.45, 2.75) is 12.4 Å². The lowest BCUT2D eigenvalue weighted by Gasteiger charge is -2.05. The monoisotopic (exact) mass is 232 g/mol. The highest BCUT2D eigenvalue weighted by molar-refractivity contribution is 5.32. The van der Waals surface area contributed by atoms with Crippen molar-refractivity contribution in [3.8, 4) is 6.07 Å². The first-order chi connectivity index (χ1) is 7.40. The number of rotatable bonds is 5. The van der Waals surface area contributed by atoms with Crippen molar-refractivity contribution in [3.05, 3.63) is 36.5 Å². The second-order valence-electron chi connectivity index (χ2n) is 2.67. The smallest absolute Gasteiger partial charge is 0.312 e. The van der Waals surface area contributed by atoms with E-state index in [4.69, 9.17) is 11.0 Å². The minimum Gasteiger partial charge on any atom is -0.312 e. The Morgan fingerprint density at radius 1 is 1.56 bits per heavy atom. The quantitative estimate of drug-likeness (QED) is 0.738. The molecule has 0 aliphatic heterocycles. The average molecular weight is 232 g/mol.